The molecule has 0 aliphatic rings. The summed E-state index contributed by atoms with van der Waals surface area (Å²) in [5.41, 5.74) is 2.20. The van der Waals surface area contributed by atoms with E-state index in [9.17, 15) is 9.18 Å². The summed E-state index contributed by atoms with van der Waals surface area (Å²) in [4.78, 5) is 13.9. The molecule has 0 saturated carbocycles. The van der Waals surface area contributed by atoms with Gasteiger partial charge in [0.2, 0.25) is 5.91 Å². The van der Waals surface area contributed by atoms with Gasteiger partial charge in [-0.2, -0.15) is 0 Å². The van der Waals surface area contributed by atoms with Gasteiger partial charge in [0.15, 0.2) is 0 Å². The number of amides is 1. The smallest absolute Gasteiger partial charge is 0.234 e. The average Bonchev–Trinajstić information content (AvgIpc) is 2.55. The zero-order valence-corrected chi connectivity index (χ0v) is 13.6. The Kier molecular flexibility index (Phi) is 6.29. The van der Waals surface area contributed by atoms with Crippen molar-refractivity contribution in [1.82, 2.24) is 10.2 Å². The molecule has 0 heterocycles. The zero-order chi connectivity index (χ0) is 16.7. The van der Waals surface area contributed by atoms with E-state index in [2.05, 4.69) is 24.4 Å². The van der Waals surface area contributed by atoms with Crippen LogP contribution >= 0.6 is 0 Å². The largest absolute Gasteiger partial charge is 0.354 e. The number of carbonyl (C=O) groups excluding carboxylic acids is 1. The molecule has 0 unspecified atom stereocenters. The fourth-order valence-electron chi connectivity index (χ4n) is 2.42. The van der Waals surface area contributed by atoms with Crippen LogP contribution in [0.15, 0.2) is 54.6 Å². The lowest BCUT2D eigenvalue weighted by Crippen LogP contribution is -2.36. The molecule has 4 heteroatoms. The second-order valence-corrected chi connectivity index (χ2v) is 5.91. The number of rotatable bonds is 7. The molecule has 0 spiro atoms. The molecule has 1 atom stereocenters. The Morgan fingerprint density at radius 3 is 2.43 bits per heavy atom. The number of hydrogen-bond donors (Lipinski definition) is 1. The molecule has 0 aliphatic heterocycles. The Labute approximate surface area is 137 Å². The van der Waals surface area contributed by atoms with Gasteiger partial charge in [0.1, 0.15) is 5.82 Å². The molecule has 2 aromatic rings. The first-order chi connectivity index (χ1) is 11.0. The number of carbonyl (C=O) groups is 1. The van der Waals surface area contributed by atoms with Crippen molar-refractivity contribution in [1.29, 1.82) is 0 Å². The first kappa shape index (κ1) is 17.2. The van der Waals surface area contributed by atoms with Crippen LogP contribution in [0.1, 0.15) is 24.0 Å². The van der Waals surface area contributed by atoms with E-state index >= 15 is 0 Å². The molecule has 23 heavy (non-hydrogen) atoms. The topological polar surface area (TPSA) is 32.3 Å². The van der Waals surface area contributed by atoms with Crippen molar-refractivity contribution in [3.63, 3.8) is 0 Å². The summed E-state index contributed by atoms with van der Waals surface area (Å²) >= 11 is 0. The molecule has 3 nitrogen and oxygen atoms in total. The van der Waals surface area contributed by atoms with E-state index in [1.165, 1.54) is 17.7 Å². The molecule has 0 aliphatic carbocycles. The molecule has 1 amide bonds. The van der Waals surface area contributed by atoms with Gasteiger partial charge in [-0.25, -0.2) is 4.39 Å². The standard InChI is InChI=1S/C19H23FN2O/c1-15(17-6-4-3-5-7-17)12-21-19(23)14-22(2)13-16-8-10-18(20)11-9-16/h3-11,15H,12-14H2,1-2H3,(H,21,23)/t15-/m0/s1. The Morgan fingerprint density at radius 2 is 1.78 bits per heavy atom. The lowest BCUT2D eigenvalue weighted by atomic mass is 10.0. The van der Waals surface area contributed by atoms with Crippen LogP contribution in [0.5, 0.6) is 0 Å². The molecule has 0 fully saturated rings. The molecule has 2 rings (SSSR count). The van der Waals surface area contributed by atoms with Gasteiger partial charge in [-0.3, -0.25) is 9.69 Å². The zero-order valence-electron chi connectivity index (χ0n) is 13.6. The summed E-state index contributed by atoms with van der Waals surface area (Å²) in [5, 5.41) is 2.97. The number of hydrogen-bond acceptors (Lipinski definition) is 2. The molecule has 0 aromatic heterocycles. The predicted octanol–water partition coefficient (Wildman–Crippen LogP) is 3.18. The minimum Gasteiger partial charge on any atom is -0.354 e. The fourth-order valence-corrected chi connectivity index (χ4v) is 2.42. The van der Waals surface area contributed by atoms with E-state index in [-0.39, 0.29) is 17.6 Å². The van der Waals surface area contributed by atoms with Crippen molar-refractivity contribution in [2.75, 3.05) is 20.1 Å². The highest BCUT2D eigenvalue weighted by atomic mass is 19.1. The highest BCUT2D eigenvalue weighted by Crippen LogP contribution is 2.13. The van der Waals surface area contributed by atoms with E-state index < -0.39 is 0 Å². The van der Waals surface area contributed by atoms with E-state index in [0.717, 1.165) is 5.56 Å². The number of halogens is 1. The van der Waals surface area contributed by atoms with E-state index in [1.54, 1.807) is 12.1 Å². The minimum atomic E-state index is -0.246. The quantitative estimate of drug-likeness (QED) is 0.851. The number of likely N-dealkylation sites (N-methyl/N-ethyl adjacent to an activating group) is 1. The van der Waals surface area contributed by atoms with Crippen LogP contribution in [0.2, 0.25) is 0 Å². The second kappa shape index (κ2) is 8.44. The normalized spacial score (nSPS) is 12.2. The molecule has 0 saturated heterocycles. The number of nitrogens with one attached hydrogen (secondary N) is 1. The van der Waals surface area contributed by atoms with Crippen LogP contribution in [0.3, 0.4) is 0 Å². The van der Waals surface area contributed by atoms with E-state index in [4.69, 9.17) is 0 Å². The van der Waals surface area contributed by atoms with Crippen molar-refractivity contribution in [2.24, 2.45) is 0 Å². The summed E-state index contributed by atoms with van der Waals surface area (Å²) in [7, 11) is 1.88. The second-order valence-electron chi connectivity index (χ2n) is 5.91. The maximum Gasteiger partial charge on any atom is 0.234 e. The van der Waals surface area contributed by atoms with Crippen LogP contribution in [-0.4, -0.2) is 30.9 Å². The monoisotopic (exact) mass is 314 g/mol. The maximum absolute atomic E-state index is 12.9. The SMILES string of the molecule is C[C@@H](CNC(=O)CN(C)Cc1ccc(F)cc1)c1ccccc1. The van der Waals surface area contributed by atoms with Crippen molar-refractivity contribution in [3.8, 4) is 0 Å². The van der Waals surface area contributed by atoms with E-state index in [0.29, 0.717) is 19.6 Å². The number of nitrogens with zero attached hydrogens (tertiary/aromatic N) is 1. The summed E-state index contributed by atoms with van der Waals surface area (Å²) in [6, 6.07) is 16.5. The third kappa shape index (κ3) is 5.83. The van der Waals surface area contributed by atoms with Gasteiger partial charge in [0, 0.05) is 13.1 Å². The fraction of sp³-hybridized carbons (Fsp3) is 0.316. The molecule has 0 bridgehead atoms. The minimum absolute atomic E-state index is 0.00241. The summed E-state index contributed by atoms with van der Waals surface area (Å²) in [5.74, 6) is 0.0315. The van der Waals surface area contributed by atoms with Crippen LogP contribution in [-0.2, 0) is 11.3 Å². The van der Waals surface area contributed by atoms with Gasteiger partial charge in [-0.1, -0.05) is 49.4 Å². The van der Waals surface area contributed by atoms with Gasteiger partial charge in [0.25, 0.3) is 0 Å². The first-order valence-corrected chi connectivity index (χ1v) is 7.79. The maximum atomic E-state index is 12.9. The molecule has 1 N–H and O–H groups in total. The molecule has 2 aromatic carbocycles. The third-order valence-electron chi connectivity index (χ3n) is 3.75. The van der Waals surface area contributed by atoms with Crippen molar-refractivity contribution in [2.45, 2.75) is 19.4 Å². The summed E-state index contributed by atoms with van der Waals surface area (Å²) in [6.45, 7) is 3.64. The first-order valence-electron chi connectivity index (χ1n) is 7.79. The lowest BCUT2D eigenvalue weighted by molar-refractivity contribution is -0.122. The number of benzene rings is 2. The average molecular weight is 314 g/mol. The third-order valence-corrected chi connectivity index (χ3v) is 3.75. The van der Waals surface area contributed by atoms with Crippen molar-refractivity contribution < 1.29 is 9.18 Å². The van der Waals surface area contributed by atoms with Gasteiger partial charge < -0.3 is 5.32 Å². The Bertz CT molecular complexity index is 613. The van der Waals surface area contributed by atoms with Crippen molar-refractivity contribution >= 4 is 5.91 Å². The van der Waals surface area contributed by atoms with Crippen LogP contribution in [0.25, 0.3) is 0 Å². The Morgan fingerprint density at radius 1 is 1.13 bits per heavy atom. The van der Waals surface area contributed by atoms with Crippen LogP contribution in [0, 0.1) is 5.82 Å². The Balaban J connectivity index is 1.74. The van der Waals surface area contributed by atoms with Gasteiger partial charge in [-0.05, 0) is 36.2 Å². The Hall–Kier alpha value is -2.20. The predicted molar refractivity (Wildman–Crippen MR) is 90.6 cm³/mol. The summed E-state index contributed by atoms with van der Waals surface area (Å²) in [6.07, 6.45) is 0. The molecular weight excluding hydrogens is 291 g/mol. The molecule has 122 valence electrons. The lowest BCUT2D eigenvalue weighted by Gasteiger charge is -2.18. The highest BCUT2D eigenvalue weighted by Gasteiger charge is 2.10. The van der Waals surface area contributed by atoms with Gasteiger partial charge >= 0.3 is 0 Å². The molecular formula is C19H23FN2O. The van der Waals surface area contributed by atoms with Gasteiger partial charge in [0.05, 0.1) is 6.54 Å². The van der Waals surface area contributed by atoms with Crippen molar-refractivity contribution in [3.05, 3.63) is 71.5 Å². The summed E-state index contributed by atoms with van der Waals surface area (Å²) < 4.78 is 12.9. The highest BCUT2D eigenvalue weighted by molar-refractivity contribution is 5.78. The van der Waals surface area contributed by atoms with E-state index in [1.807, 2.05) is 30.1 Å². The van der Waals surface area contributed by atoms with Gasteiger partial charge in [-0.15, -0.1) is 0 Å². The molecule has 0 radical (unpaired) electrons. The van der Waals surface area contributed by atoms with Crippen LogP contribution in [0.4, 0.5) is 4.39 Å². The van der Waals surface area contributed by atoms with Crippen LogP contribution < -0.4 is 5.32 Å².